The second kappa shape index (κ2) is 6.35. The molecule has 0 spiro atoms. The summed E-state index contributed by atoms with van der Waals surface area (Å²) in [5, 5.41) is 10.4. The van der Waals surface area contributed by atoms with Gasteiger partial charge in [-0.05, 0) is 30.5 Å². The van der Waals surface area contributed by atoms with Crippen molar-refractivity contribution in [1.82, 2.24) is 5.32 Å². The van der Waals surface area contributed by atoms with Crippen LogP contribution in [0, 0.1) is 0 Å². The number of sulfone groups is 1. The predicted octanol–water partition coefficient (Wildman–Crippen LogP) is 0.514. The van der Waals surface area contributed by atoms with E-state index in [1.807, 2.05) is 0 Å². The highest BCUT2D eigenvalue weighted by molar-refractivity contribution is 7.93. The first-order valence-electron chi connectivity index (χ1n) is 6.74. The SMILES string of the molecule is COc1cccc([C@H](NC(=O)C2CCCS2(=O)=O)C(=O)O)c1. The monoisotopic (exact) mass is 327 g/mol. The molecule has 7 nitrogen and oxygen atoms in total. The van der Waals surface area contributed by atoms with Crippen LogP contribution in [0.1, 0.15) is 24.4 Å². The number of rotatable bonds is 5. The van der Waals surface area contributed by atoms with Crippen LogP contribution < -0.4 is 10.1 Å². The zero-order chi connectivity index (χ0) is 16.3. The van der Waals surface area contributed by atoms with Gasteiger partial charge in [0.2, 0.25) is 5.91 Å². The number of nitrogens with one attached hydrogen (secondary N) is 1. The maximum absolute atomic E-state index is 12.1. The van der Waals surface area contributed by atoms with Crippen LogP contribution in [0.3, 0.4) is 0 Å². The zero-order valence-corrected chi connectivity index (χ0v) is 12.8. The van der Waals surface area contributed by atoms with Crippen LogP contribution in [0.15, 0.2) is 24.3 Å². The highest BCUT2D eigenvalue weighted by Gasteiger charge is 2.38. The van der Waals surface area contributed by atoms with Gasteiger partial charge in [-0.15, -0.1) is 0 Å². The molecule has 0 radical (unpaired) electrons. The van der Waals surface area contributed by atoms with Crippen LogP contribution >= 0.6 is 0 Å². The number of carboxylic acids is 1. The first-order chi connectivity index (χ1) is 10.3. The Bertz CT molecular complexity index is 684. The van der Waals surface area contributed by atoms with Crippen molar-refractivity contribution in [3.8, 4) is 5.75 Å². The van der Waals surface area contributed by atoms with Gasteiger partial charge in [-0.1, -0.05) is 12.1 Å². The van der Waals surface area contributed by atoms with Crippen molar-refractivity contribution in [2.45, 2.75) is 24.1 Å². The van der Waals surface area contributed by atoms with E-state index in [4.69, 9.17) is 4.74 Å². The van der Waals surface area contributed by atoms with Gasteiger partial charge in [0, 0.05) is 0 Å². The minimum Gasteiger partial charge on any atom is -0.497 e. The quantitative estimate of drug-likeness (QED) is 0.815. The molecule has 0 aliphatic carbocycles. The molecule has 1 aromatic rings. The molecule has 1 saturated heterocycles. The second-order valence-corrected chi connectivity index (χ2v) is 7.36. The van der Waals surface area contributed by atoms with Crippen molar-refractivity contribution < 1.29 is 27.9 Å². The molecule has 1 fully saturated rings. The highest BCUT2D eigenvalue weighted by atomic mass is 32.2. The fourth-order valence-corrected chi connectivity index (χ4v) is 4.20. The van der Waals surface area contributed by atoms with Crippen LogP contribution in [0.4, 0.5) is 0 Å². The van der Waals surface area contributed by atoms with Gasteiger partial charge < -0.3 is 15.2 Å². The number of methoxy groups -OCH3 is 1. The fourth-order valence-electron chi connectivity index (χ4n) is 2.43. The number of carboxylic acid groups (broad SMARTS) is 1. The average Bonchev–Trinajstić information content (AvgIpc) is 2.83. The molecule has 1 amide bonds. The van der Waals surface area contributed by atoms with E-state index in [2.05, 4.69) is 5.32 Å². The molecule has 1 heterocycles. The summed E-state index contributed by atoms with van der Waals surface area (Å²) in [4.78, 5) is 23.5. The van der Waals surface area contributed by atoms with E-state index in [1.165, 1.54) is 19.2 Å². The van der Waals surface area contributed by atoms with Crippen LogP contribution in [-0.2, 0) is 19.4 Å². The van der Waals surface area contributed by atoms with E-state index in [1.54, 1.807) is 12.1 Å². The van der Waals surface area contributed by atoms with Crippen LogP contribution in [0.25, 0.3) is 0 Å². The first kappa shape index (κ1) is 16.3. The van der Waals surface area contributed by atoms with Crippen molar-refractivity contribution in [3.05, 3.63) is 29.8 Å². The standard InChI is InChI=1S/C14H17NO6S/c1-21-10-5-2-4-9(8-10)12(14(17)18)15-13(16)11-6-3-7-22(11,19)20/h2,4-5,8,11-12H,3,6-7H2,1H3,(H,15,16)(H,17,18)/t11?,12-/m0/s1. The number of hydrogen-bond acceptors (Lipinski definition) is 5. The topological polar surface area (TPSA) is 110 Å². The summed E-state index contributed by atoms with van der Waals surface area (Å²) < 4.78 is 28.5. The minimum absolute atomic E-state index is 0.0397. The Morgan fingerprint density at radius 2 is 2.14 bits per heavy atom. The van der Waals surface area contributed by atoms with Crippen molar-refractivity contribution in [2.75, 3.05) is 12.9 Å². The Balaban J connectivity index is 2.22. The summed E-state index contributed by atoms with van der Waals surface area (Å²) in [6, 6.07) is 4.94. The lowest BCUT2D eigenvalue weighted by molar-refractivity contribution is -0.142. The lowest BCUT2D eigenvalue weighted by Gasteiger charge is -2.18. The molecule has 2 N–H and O–H groups in total. The van der Waals surface area contributed by atoms with Gasteiger partial charge in [0.15, 0.2) is 15.9 Å². The van der Waals surface area contributed by atoms with Gasteiger partial charge >= 0.3 is 5.97 Å². The Morgan fingerprint density at radius 3 is 2.68 bits per heavy atom. The van der Waals surface area contributed by atoms with Gasteiger partial charge in [-0.2, -0.15) is 0 Å². The molecule has 0 saturated carbocycles. The molecule has 2 atom stereocenters. The number of ether oxygens (including phenoxy) is 1. The van der Waals surface area contributed by atoms with E-state index >= 15 is 0 Å². The second-order valence-electron chi connectivity index (χ2n) is 5.05. The molecule has 1 unspecified atom stereocenters. The predicted molar refractivity (Wildman–Crippen MR) is 78.3 cm³/mol. The van der Waals surface area contributed by atoms with Crippen LogP contribution in [-0.4, -0.2) is 43.5 Å². The summed E-state index contributed by atoms with van der Waals surface area (Å²) in [5.74, 6) is -1.63. The third-order valence-corrected chi connectivity index (χ3v) is 5.76. The highest BCUT2D eigenvalue weighted by Crippen LogP contribution is 2.23. The van der Waals surface area contributed by atoms with Crippen molar-refractivity contribution in [3.63, 3.8) is 0 Å². The summed E-state index contributed by atoms with van der Waals surface area (Å²) >= 11 is 0. The van der Waals surface area contributed by atoms with Gasteiger partial charge in [-0.3, -0.25) is 4.79 Å². The maximum atomic E-state index is 12.1. The van der Waals surface area contributed by atoms with E-state index < -0.39 is 33.0 Å². The number of benzene rings is 1. The summed E-state index contributed by atoms with van der Waals surface area (Å²) in [6.45, 7) is 0. The Morgan fingerprint density at radius 1 is 1.41 bits per heavy atom. The van der Waals surface area contributed by atoms with E-state index in [0.29, 0.717) is 17.7 Å². The van der Waals surface area contributed by atoms with Crippen LogP contribution in [0.2, 0.25) is 0 Å². The number of carbonyl (C=O) groups excluding carboxylic acids is 1. The minimum atomic E-state index is -3.48. The molecule has 22 heavy (non-hydrogen) atoms. The Labute approximate surface area is 128 Å². The molecular formula is C14H17NO6S. The van der Waals surface area contributed by atoms with Crippen LogP contribution in [0.5, 0.6) is 5.75 Å². The molecule has 0 aromatic heterocycles. The lowest BCUT2D eigenvalue weighted by atomic mass is 10.1. The number of amides is 1. The molecule has 8 heteroatoms. The number of hydrogen-bond donors (Lipinski definition) is 2. The fraction of sp³-hybridized carbons (Fsp3) is 0.429. The largest absolute Gasteiger partial charge is 0.497 e. The average molecular weight is 327 g/mol. The third-order valence-electron chi connectivity index (χ3n) is 3.58. The number of aliphatic carboxylic acids is 1. The van der Waals surface area contributed by atoms with Crippen molar-refractivity contribution >= 4 is 21.7 Å². The normalized spacial score (nSPS) is 21.0. The zero-order valence-electron chi connectivity index (χ0n) is 12.0. The first-order valence-corrected chi connectivity index (χ1v) is 8.45. The third kappa shape index (κ3) is 3.38. The molecule has 1 aromatic carbocycles. The maximum Gasteiger partial charge on any atom is 0.330 e. The van der Waals surface area contributed by atoms with Gasteiger partial charge in [-0.25, -0.2) is 13.2 Å². The Kier molecular flexibility index (Phi) is 4.70. The molecule has 1 aliphatic heterocycles. The van der Waals surface area contributed by atoms with Gasteiger partial charge in [0.05, 0.1) is 12.9 Å². The van der Waals surface area contributed by atoms with Gasteiger partial charge in [0.25, 0.3) is 0 Å². The van der Waals surface area contributed by atoms with E-state index in [9.17, 15) is 23.1 Å². The summed E-state index contributed by atoms with van der Waals surface area (Å²) in [7, 11) is -2.04. The molecule has 2 rings (SSSR count). The lowest BCUT2D eigenvalue weighted by Crippen LogP contribution is -2.42. The van der Waals surface area contributed by atoms with E-state index in [-0.39, 0.29) is 12.2 Å². The van der Waals surface area contributed by atoms with Crippen molar-refractivity contribution in [1.29, 1.82) is 0 Å². The smallest absolute Gasteiger partial charge is 0.330 e. The number of carbonyl (C=O) groups is 2. The van der Waals surface area contributed by atoms with E-state index in [0.717, 1.165) is 0 Å². The summed E-state index contributed by atoms with van der Waals surface area (Å²) in [6.07, 6.45) is 0.635. The summed E-state index contributed by atoms with van der Waals surface area (Å²) in [5.41, 5.74) is 0.315. The molecule has 120 valence electrons. The Hall–Kier alpha value is -2.09. The van der Waals surface area contributed by atoms with Gasteiger partial charge in [0.1, 0.15) is 11.0 Å². The van der Waals surface area contributed by atoms with Crippen molar-refractivity contribution in [2.24, 2.45) is 0 Å². The molecule has 1 aliphatic rings. The molecule has 0 bridgehead atoms. The molecular weight excluding hydrogens is 310 g/mol.